The lowest BCUT2D eigenvalue weighted by Crippen LogP contribution is -2.14. The second-order valence-electron chi connectivity index (χ2n) is 20.9. The Kier molecular flexibility index (Phi) is 12.8. The van der Waals surface area contributed by atoms with Gasteiger partial charge in [0, 0.05) is 60.5 Å². The number of benzene rings is 7. The van der Waals surface area contributed by atoms with Gasteiger partial charge in [0.25, 0.3) is 0 Å². The molecule has 86 heavy (non-hydrogen) atoms. The molecule has 0 amide bonds. The van der Waals surface area contributed by atoms with Gasteiger partial charge in [-0.25, -0.2) is 59.8 Å². The van der Waals surface area contributed by atoms with E-state index in [9.17, 15) is 5.26 Å². The second kappa shape index (κ2) is 20.3. The van der Waals surface area contributed by atoms with Crippen LogP contribution in [0.4, 0.5) is 26.3 Å². The second-order valence-corrected chi connectivity index (χ2v) is 20.9. The van der Waals surface area contributed by atoms with E-state index in [4.69, 9.17) is 0 Å². The Morgan fingerprint density at radius 1 is 0.337 bits per heavy atom. The first kappa shape index (κ1) is 54.5. The molecule has 422 valence electrons. The van der Waals surface area contributed by atoms with E-state index >= 15 is 26.3 Å². The van der Waals surface area contributed by atoms with Crippen LogP contribution in [0.1, 0.15) is 63.3 Å². The smallest absolute Gasteiger partial charge is 0.309 e. The van der Waals surface area contributed by atoms with E-state index in [1.54, 1.807) is 73.6 Å². The molecule has 0 unspecified atom stereocenters. The van der Waals surface area contributed by atoms with Gasteiger partial charge in [0.15, 0.2) is 23.3 Å². The van der Waals surface area contributed by atoms with Crippen LogP contribution in [0, 0.1) is 66.7 Å². The zero-order valence-electron chi connectivity index (χ0n) is 47.1. The fourth-order valence-corrected chi connectivity index (χ4v) is 11.6. The molecule has 0 fully saturated rings. The van der Waals surface area contributed by atoms with Crippen molar-refractivity contribution in [3.63, 3.8) is 0 Å². The summed E-state index contributed by atoms with van der Waals surface area (Å²) in [5.41, 5.74) is 2.05. The fraction of sp³-hybridized carbons (Fsp3) is 0.154. The van der Waals surface area contributed by atoms with Gasteiger partial charge < -0.3 is 9.13 Å². The van der Waals surface area contributed by atoms with Crippen molar-refractivity contribution in [3.8, 4) is 85.2 Å². The molecule has 0 bridgehead atoms. The summed E-state index contributed by atoms with van der Waals surface area (Å²) in [6.07, 6.45) is -10.4. The van der Waals surface area contributed by atoms with Gasteiger partial charge in [0.1, 0.15) is 46.6 Å². The number of alkyl halides is 6. The van der Waals surface area contributed by atoms with E-state index in [0.717, 1.165) is 16.8 Å². The van der Waals surface area contributed by atoms with Gasteiger partial charge in [0.2, 0.25) is 0 Å². The quantitative estimate of drug-likeness (QED) is 0.131. The summed E-state index contributed by atoms with van der Waals surface area (Å²) in [7, 11) is 0. The summed E-state index contributed by atoms with van der Waals surface area (Å²) in [6.45, 7) is 14.2. The van der Waals surface area contributed by atoms with E-state index in [1.807, 2.05) is 81.9 Å². The van der Waals surface area contributed by atoms with Crippen molar-refractivity contribution in [3.05, 3.63) is 191 Å². The Balaban J connectivity index is 1.15. The van der Waals surface area contributed by atoms with E-state index in [2.05, 4.69) is 65.9 Å². The molecule has 15 nitrogen and oxygen atoms in total. The molecule has 0 aliphatic carbocycles. The predicted octanol–water partition coefficient (Wildman–Crippen LogP) is 15.0. The summed E-state index contributed by atoms with van der Waals surface area (Å²) < 4.78 is 95.8. The average Bonchev–Trinajstić information content (AvgIpc) is 1.94. The van der Waals surface area contributed by atoms with Crippen molar-refractivity contribution < 1.29 is 26.3 Å². The van der Waals surface area contributed by atoms with Crippen molar-refractivity contribution in [2.24, 2.45) is 0 Å². The molecule has 6 aromatic heterocycles. The van der Waals surface area contributed by atoms with Gasteiger partial charge in [-0.2, -0.15) is 31.6 Å². The van der Waals surface area contributed by atoms with Crippen molar-refractivity contribution in [2.75, 3.05) is 0 Å². The lowest BCUT2D eigenvalue weighted by atomic mass is 9.90. The number of nitriles is 1. The number of halogens is 6. The van der Waals surface area contributed by atoms with E-state index in [-0.39, 0.29) is 22.3 Å². The maximum atomic E-state index is 15.3. The number of aromatic nitrogens is 14. The summed E-state index contributed by atoms with van der Waals surface area (Å²) in [4.78, 5) is 54.9. The highest BCUT2D eigenvalue weighted by Crippen LogP contribution is 2.49. The van der Waals surface area contributed by atoms with Gasteiger partial charge in [-0.1, -0.05) is 12.1 Å². The van der Waals surface area contributed by atoms with Gasteiger partial charge >= 0.3 is 12.4 Å². The van der Waals surface area contributed by atoms with Crippen LogP contribution < -0.4 is 0 Å². The van der Waals surface area contributed by atoms with Crippen molar-refractivity contribution in [1.29, 1.82) is 5.26 Å². The number of fused-ring (bicyclic) bond motifs is 6. The van der Waals surface area contributed by atoms with Crippen LogP contribution in [0.5, 0.6) is 0 Å². The third-order valence-electron chi connectivity index (χ3n) is 14.9. The van der Waals surface area contributed by atoms with E-state index in [0.29, 0.717) is 148 Å². The molecule has 13 aromatic rings. The van der Waals surface area contributed by atoms with Gasteiger partial charge in [0.05, 0.1) is 56.2 Å². The highest BCUT2D eigenvalue weighted by Gasteiger charge is 2.41. The number of rotatable bonds is 8. The molecule has 21 heteroatoms. The number of hydrogen-bond acceptors (Lipinski definition) is 13. The Bertz CT molecular complexity index is 4730. The molecule has 0 saturated carbocycles. The van der Waals surface area contributed by atoms with Crippen LogP contribution in [0.25, 0.3) is 123 Å². The van der Waals surface area contributed by atoms with Crippen LogP contribution in [0.3, 0.4) is 0 Å². The Hall–Kier alpha value is -10.8. The van der Waals surface area contributed by atoms with E-state index in [1.165, 1.54) is 18.2 Å². The minimum Gasteiger partial charge on any atom is -0.309 e. The highest BCUT2D eigenvalue weighted by atomic mass is 19.4. The highest BCUT2D eigenvalue weighted by molar-refractivity contribution is 6.14. The molecule has 0 radical (unpaired) electrons. The molecule has 0 aliphatic rings. The molecule has 0 atom stereocenters. The minimum atomic E-state index is -5.22. The van der Waals surface area contributed by atoms with Gasteiger partial charge in [-0.15, -0.1) is 0 Å². The van der Waals surface area contributed by atoms with Crippen molar-refractivity contribution >= 4 is 43.6 Å². The first-order chi connectivity index (χ1) is 41.1. The molecular weight excluding hydrogens is 1100 g/mol. The first-order valence-electron chi connectivity index (χ1n) is 27.0. The average molecular weight is 1150 g/mol. The van der Waals surface area contributed by atoms with Crippen LogP contribution in [0.2, 0.25) is 0 Å². The fourth-order valence-electron chi connectivity index (χ4n) is 11.6. The molecule has 7 aromatic carbocycles. The van der Waals surface area contributed by atoms with Crippen LogP contribution in [0.15, 0.2) is 127 Å². The van der Waals surface area contributed by atoms with Crippen LogP contribution in [-0.4, -0.2) is 68.9 Å². The number of hydrogen-bond donors (Lipinski definition) is 0. The largest absolute Gasteiger partial charge is 0.417 e. The monoisotopic (exact) mass is 1150 g/mol. The molecular formula is C65H45F6N15. The lowest BCUT2D eigenvalue weighted by Gasteiger charge is -2.22. The summed E-state index contributed by atoms with van der Waals surface area (Å²) >= 11 is 0. The SMILES string of the molecule is Cc1nc(C)nc(-c2ccc3c(c2)c2cc(-c4nc(C)nc(C)n4)ccc2n3-c2ccc(C#N)cc2-c2cc(-c3c(C(F)(F)F)cccc3C(F)(F)F)ccc2-n2c3ccc(-c4nc(C)nc(C)n4)cc3c3cc(-c4nc(C)nc(C)n4)ccc32)n1. The van der Waals surface area contributed by atoms with Crippen molar-refractivity contribution in [2.45, 2.75) is 67.7 Å². The Labute approximate surface area is 485 Å². The lowest BCUT2D eigenvalue weighted by molar-refractivity contribution is -0.142. The molecule has 13 rings (SSSR count). The Morgan fingerprint density at radius 3 is 0.930 bits per heavy atom. The minimum absolute atomic E-state index is 0.153. The molecule has 0 spiro atoms. The zero-order chi connectivity index (χ0) is 60.2. The van der Waals surface area contributed by atoms with Crippen molar-refractivity contribution in [1.82, 2.24) is 68.9 Å². The molecule has 0 aliphatic heterocycles. The Morgan fingerprint density at radius 2 is 0.628 bits per heavy atom. The van der Waals surface area contributed by atoms with Gasteiger partial charge in [-0.3, -0.25) is 0 Å². The van der Waals surface area contributed by atoms with Crippen LogP contribution in [-0.2, 0) is 12.4 Å². The third kappa shape index (κ3) is 9.63. The summed E-state index contributed by atoms with van der Waals surface area (Å²) in [5, 5.41) is 13.6. The maximum Gasteiger partial charge on any atom is 0.417 e. The zero-order valence-corrected chi connectivity index (χ0v) is 47.1. The topological polar surface area (TPSA) is 188 Å². The predicted molar refractivity (Wildman–Crippen MR) is 314 cm³/mol. The summed E-state index contributed by atoms with van der Waals surface area (Å²) in [6, 6.07) is 36.1. The molecule has 0 N–H and O–H groups in total. The van der Waals surface area contributed by atoms with E-state index < -0.39 is 29.0 Å². The van der Waals surface area contributed by atoms with Gasteiger partial charge in [-0.05, 0) is 176 Å². The normalized spacial score (nSPS) is 12.1. The number of nitrogens with zero attached hydrogens (tertiary/aromatic N) is 15. The van der Waals surface area contributed by atoms with Crippen LogP contribution >= 0.6 is 0 Å². The summed E-state index contributed by atoms with van der Waals surface area (Å²) in [5.74, 6) is 5.76. The first-order valence-corrected chi connectivity index (χ1v) is 27.0. The maximum absolute atomic E-state index is 15.3. The molecule has 0 saturated heterocycles. The number of aryl methyl sites for hydroxylation is 8. The standard InChI is InChI=1S/C65H45F6N15/c1-31-73-32(2)78-60(77-31)41-14-20-55-47(26-41)48-27-42(61-79-33(3)74-34(4)80-61)15-21-56(48)85(55)53-18-12-39(30-72)24-45(53)46-25-40(59-51(64(66,67)68)10-9-11-52(59)65(69,70)71)13-19-54(46)86-57-22-16-43(62-81-35(5)75-36(6)82-62)28-49(57)50-29-44(17-23-58(50)86)63-83-37(7)76-38(8)84-63/h9-29H,1-8H3. The third-order valence-corrected chi connectivity index (χ3v) is 14.9. The molecule has 6 heterocycles.